The molecule has 2 amide bonds. The second-order valence-electron chi connectivity index (χ2n) is 7.71. The molecule has 1 aromatic heterocycles. The van der Waals surface area contributed by atoms with E-state index in [-0.39, 0.29) is 23.7 Å². The van der Waals surface area contributed by atoms with Gasteiger partial charge in [0.15, 0.2) is 5.69 Å². The minimum atomic E-state index is -0.516. The number of urea groups is 1. The van der Waals surface area contributed by atoms with Crippen molar-refractivity contribution in [2.45, 2.75) is 26.4 Å². The molecule has 1 atom stereocenters. The number of benzene rings is 1. The van der Waals surface area contributed by atoms with Crippen molar-refractivity contribution < 1.29 is 19.1 Å². The van der Waals surface area contributed by atoms with Crippen LogP contribution >= 0.6 is 0 Å². The zero-order valence-corrected chi connectivity index (χ0v) is 18.4. The molecule has 0 aliphatic carbocycles. The SMILES string of the molecule is COC(=O)c1cnc(N2CCN(C(=O)NCc3ccc(OC)cc3)C(C(C)C)C2)cn1. The van der Waals surface area contributed by atoms with E-state index in [0.717, 1.165) is 11.3 Å². The molecule has 31 heavy (non-hydrogen) atoms. The summed E-state index contributed by atoms with van der Waals surface area (Å²) in [4.78, 5) is 36.9. The number of carbonyl (C=O) groups excluding carboxylic acids is 2. The van der Waals surface area contributed by atoms with Crippen LogP contribution in [-0.2, 0) is 11.3 Å². The van der Waals surface area contributed by atoms with Crippen molar-refractivity contribution in [2.75, 3.05) is 38.8 Å². The van der Waals surface area contributed by atoms with E-state index >= 15 is 0 Å². The molecular weight excluding hydrogens is 398 g/mol. The minimum Gasteiger partial charge on any atom is -0.497 e. The fourth-order valence-electron chi connectivity index (χ4n) is 3.56. The Labute approximate surface area is 182 Å². The molecule has 0 spiro atoms. The smallest absolute Gasteiger partial charge is 0.358 e. The molecule has 1 unspecified atom stereocenters. The lowest BCUT2D eigenvalue weighted by Gasteiger charge is -2.43. The topological polar surface area (TPSA) is 96.9 Å². The summed E-state index contributed by atoms with van der Waals surface area (Å²) < 4.78 is 9.83. The van der Waals surface area contributed by atoms with Crippen molar-refractivity contribution in [1.29, 1.82) is 0 Å². The van der Waals surface area contributed by atoms with Crippen LogP contribution in [0.15, 0.2) is 36.7 Å². The number of methoxy groups -OCH3 is 2. The van der Waals surface area contributed by atoms with Crippen molar-refractivity contribution in [3.63, 3.8) is 0 Å². The third kappa shape index (κ3) is 5.42. The predicted molar refractivity (Wildman–Crippen MR) is 116 cm³/mol. The maximum absolute atomic E-state index is 12.9. The summed E-state index contributed by atoms with van der Waals surface area (Å²) in [6.45, 7) is 6.49. The molecule has 9 nitrogen and oxygen atoms in total. The lowest BCUT2D eigenvalue weighted by Crippen LogP contribution is -2.59. The fraction of sp³-hybridized carbons (Fsp3) is 0.455. The maximum atomic E-state index is 12.9. The van der Waals surface area contributed by atoms with E-state index in [4.69, 9.17) is 4.74 Å². The van der Waals surface area contributed by atoms with Crippen LogP contribution in [0.4, 0.5) is 10.6 Å². The molecule has 0 bridgehead atoms. The first-order chi connectivity index (χ1) is 14.9. The van der Waals surface area contributed by atoms with E-state index in [1.54, 1.807) is 13.3 Å². The summed E-state index contributed by atoms with van der Waals surface area (Å²) in [6, 6.07) is 7.57. The number of hydrogen-bond donors (Lipinski definition) is 1. The Kier molecular flexibility index (Phi) is 7.28. The molecule has 1 aliphatic heterocycles. The molecule has 1 fully saturated rings. The van der Waals surface area contributed by atoms with Gasteiger partial charge in [0.05, 0.1) is 32.7 Å². The van der Waals surface area contributed by atoms with Crippen LogP contribution in [-0.4, -0.2) is 66.8 Å². The van der Waals surface area contributed by atoms with Gasteiger partial charge in [-0.15, -0.1) is 0 Å². The molecule has 1 aromatic carbocycles. The number of hydrogen-bond acceptors (Lipinski definition) is 7. The van der Waals surface area contributed by atoms with Gasteiger partial charge in [-0.1, -0.05) is 26.0 Å². The van der Waals surface area contributed by atoms with Gasteiger partial charge in [0.25, 0.3) is 0 Å². The van der Waals surface area contributed by atoms with Crippen LogP contribution in [0.25, 0.3) is 0 Å². The average Bonchev–Trinajstić information content (AvgIpc) is 2.82. The van der Waals surface area contributed by atoms with E-state index in [2.05, 4.69) is 38.8 Å². The number of esters is 1. The third-order valence-corrected chi connectivity index (χ3v) is 5.41. The van der Waals surface area contributed by atoms with Crippen LogP contribution in [0.2, 0.25) is 0 Å². The van der Waals surface area contributed by atoms with Crippen molar-refractivity contribution in [3.05, 3.63) is 47.9 Å². The Morgan fingerprint density at radius 3 is 2.45 bits per heavy atom. The van der Waals surface area contributed by atoms with Crippen molar-refractivity contribution in [1.82, 2.24) is 20.2 Å². The number of piperazine rings is 1. The summed E-state index contributed by atoms with van der Waals surface area (Å²) in [5.74, 6) is 1.21. The quantitative estimate of drug-likeness (QED) is 0.707. The summed E-state index contributed by atoms with van der Waals surface area (Å²) in [7, 11) is 2.94. The van der Waals surface area contributed by atoms with Crippen molar-refractivity contribution >= 4 is 17.8 Å². The Morgan fingerprint density at radius 1 is 1.13 bits per heavy atom. The van der Waals surface area contributed by atoms with Gasteiger partial charge >= 0.3 is 12.0 Å². The van der Waals surface area contributed by atoms with Gasteiger partial charge in [0.1, 0.15) is 11.6 Å². The lowest BCUT2D eigenvalue weighted by molar-refractivity contribution is 0.0593. The van der Waals surface area contributed by atoms with Gasteiger partial charge in [-0.05, 0) is 23.6 Å². The number of amides is 2. The largest absolute Gasteiger partial charge is 0.497 e. The molecule has 0 saturated carbocycles. The fourth-order valence-corrected chi connectivity index (χ4v) is 3.56. The predicted octanol–water partition coefficient (Wildman–Crippen LogP) is 2.33. The number of anilines is 1. The molecule has 1 saturated heterocycles. The Bertz CT molecular complexity index is 886. The van der Waals surface area contributed by atoms with Gasteiger partial charge in [-0.3, -0.25) is 0 Å². The van der Waals surface area contributed by atoms with Crippen LogP contribution in [0.3, 0.4) is 0 Å². The van der Waals surface area contributed by atoms with E-state index in [1.807, 2.05) is 29.2 Å². The molecule has 2 heterocycles. The highest BCUT2D eigenvalue weighted by Crippen LogP contribution is 2.21. The summed E-state index contributed by atoms with van der Waals surface area (Å²) in [5, 5.41) is 3.02. The van der Waals surface area contributed by atoms with E-state index < -0.39 is 5.97 Å². The first-order valence-electron chi connectivity index (χ1n) is 10.3. The molecule has 0 radical (unpaired) electrons. The third-order valence-electron chi connectivity index (χ3n) is 5.41. The first kappa shape index (κ1) is 22.3. The Hall–Kier alpha value is -3.36. The summed E-state index contributed by atoms with van der Waals surface area (Å²) in [6.07, 6.45) is 2.99. The summed E-state index contributed by atoms with van der Waals surface area (Å²) >= 11 is 0. The standard InChI is InChI=1S/C22H29N5O4/c1-15(2)19-14-26(20-13-23-18(12-24-20)21(28)31-4)9-10-27(19)22(29)25-11-16-5-7-17(30-3)8-6-16/h5-8,12-13,15,19H,9-11,14H2,1-4H3,(H,25,29). The Morgan fingerprint density at radius 2 is 1.87 bits per heavy atom. The number of carbonyl (C=O) groups is 2. The van der Waals surface area contributed by atoms with Crippen LogP contribution < -0.4 is 15.0 Å². The van der Waals surface area contributed by atoms with Crippen molar-refractivity contribution in [2.24, 2.45) is 5.92 Å². The van der Waals surface area contributed by atoms with Gasteiger partial charge in [-0.25, -0.2) is 19.6 Å². The zero-order chi connectivity index (χ0) is 22.4. The number of nitrogens with zero attached hydrogens (tertiary/aromatic N) is 4. The van der Waals surface area contributed by atoms with E-state index in [0.29, 0.717) is 32.0 Å². The monoisotopic (exact) mass is 427 g/mol. The summed E-state index contributed by atoms with van der Waals surface area (Å²) in [5.41, 5.74) is 1.18. The van der Waals surface area contributed by atoms with Gasteiger partial charge < -0.3 is 24.6 Å². The molecule has 3 rings (SSSR count). The molecular formula is C22H29N5O4. The van der Waals surface area contributed by atoms with Gasteiger partial charge in [0, 0.05) is 26.2 Å². The molecule has 2 aromatic rings. The van der Waals surface area contributed by atoms with Crippen LogP contribution in [0.1, 0.15) is 29.9 Å². The average molecular weight is 428 g/mol. The highest BCUT2D eigenvalue weighted by Gasteiger charge is 2.33. The number of rotatable bonds is 6. The van der Waals surface area contributed by atoms with E-state index in [1.165, 1.54) is 13.3 Å². The van der Waals surface area contributed by atoms with Crippen molar-refractivity contribution in [3.8, 4) is 5.75 Å². The second kappa shape index (κ2) is 10.1. The lowest BCUT2D eigenvalue weighted by atomic mass is 10.00. The molecule has 1 N–H and O–H groups in total. The first-order valence-corrected chi connectivity index (χ1v) is 10.3. The molecule has 166 valence electrons. The number of nitrogens with one attached hydrogen (secondary N) is 1. The maximum Gasteiger partial charge on any atom is 0.358 e. The Balaban J connectivity index is 1.62. The highest BCUT2D eigenvalue weighted by atomic mass is 16.5. The van der Waals surface area contributed by atoms with Crippen LogP contribution in [0, 0.1) is 5.92 Å². The number of ether oxygens (including phenoxy) is 2. The van der Waals surface area contributed by atoms with Crippen LogP contribution in [0.5, 0.6) is 5.75 Å². The normalized spacial score (nSPS) is 16.2. The molecule has 9 heteroatoms. The van der Waals surface area contributed by atoms with Gasteiger partial charge in [0.2, 0.25) is 0 Å². The second-order valence-corrected chi connectivity index (χ2v) is 7.71. The minimum absolute atomic E-state index is 0.0201. The highest BCUT2D eigenvalue weighted by molar-refractivity contribution is 5.86. The zero-order valence-electron chi connectivity index (χ0n) is 18.4. The number of aromatic nitrogens is 2. The van der Waals surface area contributed by atoms with Gasteiger partial charge in [-0.2, -0.15) is 0 Å². The van der Waals surface area contributed by atoms with E-state index in [9.17, 15) is 9.59 Å². The molecule has 1 aliphatic rings.